The molecule has 0 aromatic rings. The second-order valence-electron chi connectivity index (χ2n) is 3.83. The van der Waals surface area contributed by atoms with Crippen LogP contribution in [0.2, 0.25) is 0 Å². The molecular formula is C11H19NS. The molecule has 2 heteroatoms. The predicted molar refractivity (Wildman–Crippen MR) is 61.0 cm³/mol. The second kappa shape index (κ2) is 6.34. The maximum absolute atomic E-state index is 5.16. The number of hydrogen-bond donors (Lipinski definition) is 1. The first-order chi connectivity index (χ1) is 6.33. The van der Waals surface area contributed by atoms with Crippen LogP contribution in [0.4, 0.5) is 0 Å². The van der Waals surface area contributed by atoms with Crippen molar-refractivity contribution < 1.29 is 0 Å². The zero-order valence-corrected chi connectivity index (χ0v) is 9.20. The Morgan fingerprint density at radius 2 is 2.38 bits per heavy atom. The molecule has 0 heterocycles. The van der Waals surface area contributed by atoms with E-state index >= 15 is 0 Å². The molecule has 0 radical (unpaired) electrons. The minimum Gasteiger partial charge on any atom is -0.313 e. The average molecular weight is 197 g/mol. The van der Waals surface area contributed by atoms with E-state index in [1.54, 1.807) is 0 Å². The van der Waals surface area contributed by atoms with Crippen molar-refractivity contribution in [1.82, 2.24) is 5.32 Å². The molecule has 0 aromatic heterocycles. The minimum atomic E-state index is 0.779. The first-order valence-electron chi connectivity index (χ1n) is 5.07. The quantitative estimate of drug-likeness (QED) is 0.535. The van der Waals surface area contributed by atoms with E-state index in [4.69, 9.17) is 6.42 Å². The molecule has 0 amide bonds. The summed E-state index contributed by atoms with van der Waals surface area (Å²) in [6.45, 7) is 3.46. The maximum atomic E-state index is 5.16. The van der Waals surface area contributed by atoms with Crippen molar-refractivity contribution >= 4 is 11.8 Å². The molecule has 13 heavy (non-hydrogen) atoms. The van der Waals surface area contributed by atoms with Gasteiger partial charge in [0.1, 0.15) is 0 Å². The number of hydrogen-bond acceptors (Lipinski definition) is 2. The molecule has 1 nitrogen and oxygen atoms in total. The molecule has 74 valence electrons. The average Bonchev–Trinajstić information content (AvgIpc) is 2.51. The summed E-state index contributed by atoms with van der Waals surface area (Å²) in [5.74, 6) is 5.56. The first kappa shape index (κ1) is 10.9. The molecule has 1 N–H and O–H groups in total. The minimum absolute atomic E-state index is 0.779. The lowest BCUT2D eigenvalue weighted by atomic mass is 10.1. The Kier molecular flexibility index (Phi) is 5.34. The highest BCUT2D eigenvalue weighted by atomic mass is 32.2. The van der Waals surface area contributed by atoms with Gasteiger partial charge in [-0.25, -0.2) is 0 Å². The molecule has 1 fully saturated rings. The topological polar surface area (TPSA) is 12.0 Å². The van der Waals surface area contributed by atoms with Crippen molar-refractivity contribution in [3.8, 4) is 12.3 Å². The fourth-order valence-electron chi connectivity index (χ4n) is 1.86. The van der Waals surface area contributed by atoms with E-state index < -0.39 is 0 Å². The molecule has 0 aliphatic heterocycles. The van der Waals surface area contributed by atoms with Gasteiger partial charge in [-0.3, -0.25) is 0 Å². The molecule has 0 spiro atoms. The van der Waals surface area contributed by atoms with Gasteiger partial charge in [0.2, 0.25) is 0 Å². The molecule has 0 bridgehead atoms. The molecule has 1 aliphatic carbocycles. The molecule has 1 rings (SSSR count). The van der Waals surface area contributed by atoms with Crippen molar-refractivity contribution in [1.29, 1.82) is 0 Å². The van der Waals surface area contributed by atoms with Crippen molar-refractivity contribution in [3.63, 3.8) is 0 Å². The standard InChI is InChI=1S/C11H19NS/c1-3-7-13-8-6-12-11-5-4-10(2)9-11/h1,10-12H,4-9H2,2H3. The van der Waals surface area contributed by atoms with Gasteiger partial charge in [-0.2, -0.15) is 0 Å². The fraction of sp³-hybridized carbons (Fsp3) is 0.818. The summed E-state index contributed by atoms with van der Waals surface area (Å²) >= 11 is 1.84. The molecule has 1 aliphatic rings. The van der Waals surface area contributed by atoms with Crippen LogP contribution in [-0.2, 0) is 0 Å². The molecular weight excluding hydrogens is 178 g/mol. The van der Waals surface area contributed by atoms with Gasteiger partial charge in [0.15, 0.2) is 0 Å². The molecule has 2 atom stereocenters. The lowest BCUT2D eigenvalue weighted by molar-refractivity contribution is 0.518. The van der Waals surface area contributed by atoms with Crippen LogP contribution in [-0.4, -0.2) is 24.1 Å². The fourth-order valence-corrected chi connectivity index (χ4v) is 2.38. The van der Waals surface area contributed by atoms with Gasteiger partial charge in [0.05, 0.1) is 5.75 Å². The van der Waals surface area contributed by atoms with Crippen LogP contribution < -0.4 is 5.32 Å². The zero-order valence-electron chi connectivity index (χ0n) is 8.38. The molecule has 0 aromatic carbocycles. The van der Waals surface area contributed by atoms with E-state index in [0.29, 0.717) is 0 Å². The van der Waals surface area contributed by atoms with Crippen molar-refractivity contribution in [2.45, 2.75) is 32.2 Å². The Hall–Kier alpha value is -0.130. The SMILES string of the molecule is C#CCSCCNC1CCC(C)C1. The Morgan fingerprint density at radius 1 is 1.54 bits per heavy atom. The summed E-state index contributed by atoms with van der Waals surface area (Å²) in [6.07, 6.45) is 9.28. The predicted octanol–water partition coefficient (Wildman–Crippen LogP) is 2.13. The molecule has 0 saturated heterocycles. The lowest BCUT2D eigenvalue weighted by Crippen LogP contribution is -2.28. The highest BCUT2D eigenvalue weighted by Crippen LogP contribution is 2.24. The van der Waals surface area contributed by atoms with Gasteiger partial charge in [-0.15, -0.1) is 18.2 Å². The van der Waals surface area contributed by atoms with E-state index in [2.05, 4.69) is 18.2 Å². The molecule has 2 unspecified atom stereocenters. The van der Waals surface area contributed by atoms with Gasteiger partial charge in [-0.1, -0.05) is 12.8 Å². The van der Waals surface area contributed by atoms with Crippen LogP contribution in [0.15, 0.2) is 0 Å². The van der Waals surface area contributed by atoms with Crippen LogP contribution in [0.1, 0.15) is 26.2 Å². The Morgan fingerprint density at radius 3 is 3.00 bits per heavy atom. The van der Waals surface area contributed by atoms with Crippen LogP contribution in [0, 0.1) is 18.3 Å². The van der Waals surface area contributed by atoms with Gasteiger partial charge in [0.25, 0.3) is 0 Å². The molecule has 1 saturated carbocycles. The number of rotatable bonds is 5. The highest BCUT2D eigenvalue weighted by Gasteiger charge is 2.19. The van der Waals surface area contributed by atoms with E-state index in [9.17, 15) is 0 Å². The van der Waals surface area contributed by atoms with Gasteiger partial charge in [0, 0.05) is 18.3 Å². The summed E-state index contributed by atoms with van der Waals surface area (Å²) in [5, 5.41) is 3.58. The van der Waals surface area contributed by atoms with Crippen LogP contribution >= 0.6 is 11.8 Å². The lowest BCUT2D eigenvalue weighted by Gasteiger charge is -2.11. The van der Waals surface area contributed by atoms with E-state index in [-0.39, 0.29) is 0 Å². The zero-order chi connectivity index (χ0) is 9.52. The van der Waals surface area contributed by atoms with Gasteiger partial charge in [-0.05, 0) is 25.2 Å². The maximum Gasteiger partial charge on any atom is 0.0545 e. The van der Waals surface area contributed by atoms with E-state index in [1.807, 2.05) is 11.8 Å². The highest BCUT2D eigenvalue weighted by molar-refractivity contribution is 7.99. The Balaban J connectivity index is 1.92. The van der Waals surface area contributed by atoms with E-state index in [1.165, 1.54) is 19.3 Å². The van der Waals surface area contributed by atoms with Crippen LogP contribution in [0.25, 0.3) is 0 Å². The first-order valence-corrected chi connectivity index (χ1v) is 6.23. The third-order valence-corrected chi connectivity index (χ3v) is 3.42. The van der Waals surface area contributed by atoms with Crippen LogP contribution in [0.5, 0.6) is 0 Å². The van der Waals surface area contributed by atoms with Crippen LogP contribution in [0.3, 0.4) is 0 Å². The third-order valence-electron chi connectivity index (χ3n) is 2.56. The summed E-state index contributed by atoms with van der Waals surface area (Å²) in [4.78, 5) is 0. The summed E-state index contributed by atoms with van der Waals surface area (Å²) < 4.78 is 0. The summed E-state index contributed by atoms with van der Waals surface area (Å²) in [7, 11) is 0. The largest absolute Gasteiger partial charge is 0.313 e. The monoisotopic (exact) mass is 197 g/mol. The number of nitrogens with one attached hydrogen (secondary N) is 1. The van der Waals surface area contributed by atoms with Gasteiger partial charge < -0.3 is 5.32 Å². The van der Waals surface area contributed by atoms with Crippen molar-refractivity contribution in [2.75, 3.05) is 18.1 Å². The van der Waals surface area contributed by atoms with E-state index in [0.717, 1.165) is 30.0 Å². The van der Waals surface area contributed by atoms with Crippen molar-refractivity contribution in [3.05, 3.63) is 0 Å². The van der Waals surface area contributed by atoms with Gasteiger partial charge >= 0.3 is 0 Å². The Bertz CT molecular complexity index is 173. The number of terminal acetylenes is 1. The second-order valence-corrected chi connectivity index (χ2v) is 4.93. The smallest absolute Gasteiger partial charge is 0.0545 e. The Labute approximate surface area is 86.1 Å². The van der Waals surface area contributed by atoms with Crippen molar-refractivity contribution in [2.24, 2.45) is 5.92 Å². The normalized spacial score (nSPS) is 27.4. The summed E-state index contributed by atoms with van der Waals surface area (Å²) in [5.41, 5.74) is 0. The number of thioether (sulfide) groups is 1. The summed E-state index contributed by atoms with van der Waals surface area (Å²) in [6, 6.07) is 0.779. The third kappa shape index (κ3) is 4.59.